The summed E-state index contributed by atoms with van der Waals surface area (Å²) in [5, 5.41) is 9.24. The van der Waals surface area contributed by atoms with Crippen molar-refractivity contribution in [2.24, 2.45) is 0 Å². The zero-order valence-corrected chi connectivity index (χ0v) is 11.9. The average molecular weight is 269 g/mol. The zero-order chi connectivity index (χ0) is 14.8. The van der Waals surface area contributed by atoms with Crippen molar-refractivity contribution in [3.63, 3.8) is 0 Å². The van der Waals surface area contributed by atoms with E-state index in [0.717, 1.165) is 0 Å². The number of carboxylic acid groups (broad SMARTS) is 1. The molecule has 1 aromatic carbocycles. The zero-order valence-electron chi connectivity index (χ0n) is 11.9. The van der Waals surface area contributed by atoms with Crippen LogP contribution in [0.4, 0.5) is 4.39 Å². The van der Waals surface area contributed by atoms with E-state index in [9.17, 15) is 14.3 Å². The van der Waals surface area contributed by atoms with Gasteiger partial charge in [-0.1, -0.05) is 0 Å². The van der Waals surface area contributed by atoms with Gasteiger partial charge in [0, 0.05) is 11.6 Å². The normalized spacial score (nSPS) is 13.4. The van der Waals surface area contributed by atoms with Crippen LogP contribution in [0.25, 0.3) is 0 Å². The number of likely N-dealkylation sites (N-methyl/N-ethyl adjacent to an activating group) is 1. The van der Waals surface area contributed by atoms with E-state index in [1.165, 1.54) is 19.2 Å². The van der Waals surface area contributed by atoms with Crippen LogP contribution in [-0.4, -0.2) is 35.7 Å². The molecule has 0 bridgehead atoms. The fourth-order valence-corrected chi connectivity index (χ4v) is 1.88. The first-order valence-corrected chi connectivity index (χ1v) is 6.01. The second kappa shape index (κ2) is 5.57. The van der Waals surface area contributed by atoms with Crippen molar-refractivity contribution in [3.05, 3.63) is 29.6 Å². The molecule has 0 saturated heterocycles. The number of methoxy groups -OCH3 is 1. The van der Waals surface area contributed by atoms with Crippen LogP contribution >= 0.6 is 0 Å². The number of rotatable bonds is 5. The van der Waals surface area contributed by atoms with Gasteiger partial charge < -0.3 is 9.84 Å². The summed E-state index contributed by atoms with van der Waals surface area (Å²) in [5.41, 5.74) is -0.434. The Balaban J connectivity index is 3.16. The highest BCUT2D eigenvalue weighted by atomic mass is 19.1. The Bertz CT molecular complexity index is 474. The van der Waals surface area contributed by atoms with Crippen molar-refractivity contribution >= 4 is 5.97 Å². The van der Waals surface area contributed by atoms with E-state index in [-0.39, 0.29) is 11.9 Å². The summed E-state index contributed by atoms with van der Waals surface area (Å²) in [6.45, 7) is 5.04. The van der Waals surface area contributed by atoms with Crippen LogP contribution in [0, 0.1) is 5.82 Å². The predicted molar refractivity (Wildman–Crippen MR) is 70.8 cm³/mol. The van der Waals surface area contributed by atoms with Gasteiger partial charge in [0.1, 0.15) is 17.1 Å². The first-order chi connectivity index (χ1) is 8.71. The van der Waals surface area contributed by atoms with Crippen molar-refractivity contribution in [3.8, 4) is 5.75 Å². The number of carbonyl (C=O) groups is 1. The fraction of sp³-hybridized carbons (Fsp3) is 0.500. The van der Waals surface area contributed by atoms with Crippen LogP contribution < -0.4 is 4.74 Å². The van der Waals surface area contributed by atoms with E-state index < -0.39 is 11.5 Å². The van der Waals surface area contributed by atoms with E-state index in [4.69, 9.17) is 4.74 Å². The predicted octanol–water partition coefficient (Wildman–Crippen LogP) is 2.69. The number of aliphatic carboxylic acids is 1. The number of halogens is 1. The van der Waals surface area contributed by atoms with Crippen LogP contribution in [0.2, 0.25) is 0 Å². The first kappa shape index (κ1) is 15.4. The number of hydrogen-bond acceptors (Lipinski definition) is 3. The molecule has 1 N–H and O–H groups in total. The van der Waals surface area contributed by atoms with Gasteiger partial charge in [0.25, 0.3) is 0 Å². The van der Waals surface area contributed by atoms with Gasteiger partial charge in [-0.25, -0.2) is 4.39 Å². The highest BCUT2D eigenvalue weighted by molar-refractivity contribution is 5.77. The second-order valence-corrected chi connectivity index (χ2v) is 5.04. The van der Waals surface area contributed by atoms with Crippen molar-refractivity contribution in [2.75, 3.05) is 14.2 Å². The summed E-state index contributed by atoms with van der Waals surface area (Å²) in [5.74, 6) is -0.761. The molecule has 1 unspecified atom stereocenters. The lowest BCUT2D eigenvalue weighted by atomic mass is 9.97. The van der Waals surface area contributed by atoms with E-state index in [2.05, 4.69) is 0 Å². The monoisotopic (exact) mass is 269 g/mol. The topological polar surface area (TPSA) is 49.8 Å². The van der Waals surface area contributed by atoms with Gasteiger partial charge in [-0.15, -0.1) is 0 Å². The Morgan fingerprint density at radius 1 is 1.47 bits per heavy atom. The minimum Gasteiger partial charge on any atom is -0.496 e. The van der Waals surface area contributed by atoms with Crippen molar-refractivity contribution in [1.29, 1.82) is 0 Å². The molecule has 19 heavy (non-hydrogen) atoms. The summed E-state index contributed by atoms with van der Waals surface area (Å²) in [6.07, 6.45) is 0. The van der Waals surface area contributed by atoms with Crippen LogP contribution in [0.1, 0.15) is 32.4 Å². The van der Waals surface area contributed by atoms with Crippen LogP contribution in [0.3, 0.4) is 0 Å². The van der Waals surface area contributed by atoms with E-state index in [0.29, 0.717) is 11.3 Å². The van der Waals surface area contributed by atoms with Gasteiger partial charge in [-0.2, -0.15) is 0 Å². The largest absolute Gasteiger partial charge is 0.496 e. The summed E-state index contributed by atoms with van der Waals surface area (Å²) in [7, 11) is 3.20. The molecule has 4 nitrogen and oxygen atoms in total. The Hall–Kier alpha value is -1.62. The van der Waals surface area contributed by atoms with Gasteiger partial charge in [-0.3, -0.25) is 9.69 Å². The summed E-state index contributed by atoms with van der Waals surface area (Å²) < 4.78 is 18.6. The molecule has 0 amide bonds. The van der Waals surface area contributed by atoms with Gasteiger partial charge >= 0.3 is 5.97 Å². The highest BCUT2D eigenvalue weighted by Crippen LogP contribution is 2.32. The van der Waals surface area contributed by atoms with Crippen molar-refractivity contribution < 1.29 is 19.0 Å². The molecular formula is C14H20FNO3. The quantitative estimate of drug-likeness (QED) is 0.893. The Labute approximate surface area is 112 Å². The maximum atomic E-state index is 13.4. The molecule has 0 spiro atoms. The molecule has 1 aromatic rings. The van der Waals surface area contributed by atoms with Crippen molar-refractivity contribution in [2.45, 2.75) is 32.4 Å². The third-order valence-corrected chi connectivity index (χ3v) is 3.63. The SMILES string of the molecule is COc1ccc(F)cc1C(C)N(C)C(C)(C)C(=O)O. The molecule has 0 radical (unpaired) electrons. The van der Waals surface area contributed by atoms with Gasteiger partial charge in [0.05, 0.1) is 7.11 Å². The molecule has 1 atom stereocenters. The van der Waals surface area contributed by atoms with Gasteiger partial charge in [-0.05, 0) is 46.0 Å². The lowest BCUT2D eigenvalue weighted by molar-refractivity contribution is -0.149. The number of benzene rings is 1. The first-order valence-electron chi connectivity index (χ1n) is 6.01. The number of nitrogens with zero attached hydrogens (tertiary/aromatic N) is 1. The molecule has 0 heterocycles. The van der Waals surface area contributed by atoms with Crippen LogP contribution in [0.15, 0.2) is 18.2 Å². The minimum absolute atomic E-state index is 0.295. The maximum absolute atomic E-state index is 13.4. The molecule has 0 fully saturated rings. The molecule has 106 valence electrons. The minimum atomic E-state index is -1.06. The third-order valence-electron chi connectivity index (χ3n) is 3.63. The maximum Gasteiger partial charge on any atom is 0.323 e. The lowest BCUT2D eigenvalue weighted by Crippen LogP contribution is -2.48. The Morgan fingerprint density at radius 3 is 2.53 bits per heavy atom. The van der Waals surface area contributed by atoms with E-state index in [1.807, 2.05) is 6.92 Å². The smallest absolute Gasteiger partial charge is 0.323 e. The van der Waals surface area contributed by atoms with Gasteiger partial charge in [0.2, 0.25) is 0 Å². The lowest BCUT2D eigenvalue weighted by Gasteiger charge is -2.37. The fourth-order valence-electron chi connectivity index (χ4n) is 1.88. The summed E-state index contributed by atoms with van der Waals surface area (Å²) >= 11 is 0. The van der Waals surface area contributed by atoms with E-state index >= 15 is 0 Å². The third kappa shape index (κ3) is 3.04. The molecule has 5 heteroatoms. The molecule has 0 aliphatic heterocycles. The average Bonchev–Trinajstić information content (AvgIpc) is 2.36. The summed E-state index contributed by atoms with van der Waals surface area (Å²) in [4.78, 5) is 12.9. The Kier molecular flexibility index (Phi) is 4.52. The second-order valence-electron chi connectivity index (χ2n) is 5.04. The summed E-state index contributed by atoms with van der Waals surface area (Å²) in [6, 6.07) is 3.94. The number of ether oxygens (including phenoxy) is 1. The highest BCUT2D eigenvalue weighted by Gasteiger charge is 2.36. The molecule has 1 rings (SSSR count). The number of carboxylic acids is 1. The molecule has 0 aliphatic carbocycles. The molecule has 0 saturated carbocycles. The molecule has 0 aliphatic rings. The standard InChI is InChI=1S/C14H20FNO3/c1-9(16(4)14(2,3)13(17)18)11-8-10(15)6-7-12(11)19-5/h6-9H,1-5H3,(H,17,18). The van der Waals surface area contributed by atoms with Gasteiger partial charge in [0.15, 0.2) is 0 Å². The molecule has 0 aromatic heterocycles. The number of hydrogen-bond donors (Lipinski definition) is 1. The van der Waals surface area contributed by atoms with Crippen LogP contribution in [0.5, 0.6) is 5.75 Å². The van der Waals surface area contributed by atoms with E-state index in [1.54, 1.807) is 31.9 Å². The van der Waals surface area contributed by atoms with Crippen LogP contribution in [-0.2, 0) is 4.79 Å². The van der Waals surface area contributed by atoms with Crippen molar-refractivity contribution in [1.82, 2.24) is 4.90 Å². The molecular weight excluding hydrogens is 249 g/mol. The Morgan fingerprint density at radius 2 is 2.05 bits per heavy atom.